The number of imide groups is 2. The van der Waals surface area contributed by atoms with Crippen LogP contribution < -0.4 is 16.0 Å². The van der Waals surface area contributed by atoms with Gasteiger partial charge in [0.05, 0.1) is 0 Å². The molecule has 4 aromatic carbocycles. The zero-order valence-corrected chi connectivity index (χ0v) is 39.3. The number of Topliss-reactive ketones (excluding diaryl/α,β-unsaturated/α-hetero) is 3. The number of fused-ring (bicyclic) bond motifs is 2. The number of ketones is 3. The van der Waals surface area contributed by atoms with Gasteiger partial charge in [-0.3, -0.25) is 58.6 Å². The van der Waals surface area contributed by atoms with Crippen molar-refractivity contribution in [1.82, 2.24) is 20.4 Å². The van der Waals surface area contributed by atoms with Crippen LogP contribution in [0.25, 0.3) is 0 Å². The van der Waals surface area contributed by atoms with Gasteiger partial charge in [-0.15, -0.1) is 0 Å². The maximum absolute atomic E-state index is 12.9. The number of amides is 7. The van der Waals surface area contributed by atoms with Crippen LogP contribution in [-0.4, -0.2) is 80.6 Å². The number of nitrogens with one attached hydrogen (secondary N) is 3. The minimum atomic E-state index is -0.807. The lowest BCUT2D eigenvalue weighted by Gasteiger charge is -2.29. The normalized spacial score (nSPS) is 18.0. The molecule has 0 radical (unpaired) electrons. The van der Waals surface area contributed by atoms with E-state index < -0.39 is 47.2 Å². The molecule has 0 saturated carbocycles. The monoisotopic (exact) mass is 921 g/mol. The number of nitrogens with zero attached hydrogens (tertiary/aromatic N) is 2. The van der Waals surface area contributed by atoms with Crippen molar-refractivity contribution in [2.24, 2.45) is 0 Å². The first kappa shape index (κ1) is 48.5. The Bertz CT molecular complexity index is 2810. The molecule has 0 spiro atoms. The SMILES string of the molecule is CC(C)(C)c1ccc(C(=O)C(=O)Nc2cccc3c2CN(C2CCC(=O)NC2=O)C3=O)cc1.Cc1cc(C(=O)C(=O)CCc2ccc3c(c2)CN(C2CCC(=O)NC2=O)C3=O)ccc1C(C)(C)C. The fraction of sp³-hybridized carbons (Fsp3) is 0.358. The summed E-state index contributed by atoms with van der Waals surface area (Å²) in [7, 11) is 0. The molecule has 7 amide bonds. The van der Waals surface area contributed by atoms with E-state index in [4.69, 9.17) is 0 Å². The number of carbonyl (C=O) groups excluding carboxylic acids is 10. The first-order valence-electron chi connectivity index (χ1n) is 22.7. The van der Waals surface area contributed by atoms with Crippen molar-refractivity contribution in [3.8, 4) is 0 Å². The van der Waals surface area contributed by atoms with E-state index in [2.05, 4.69) is 57.5 Å². The van der Waals surface area contributed by atoms with E-state index in [9.17, 15) is 47.9 Å². The number of benzene rings is 4. The van der Waals surface area contributed by atoms with E-state index in [1.807, 2.05) is 31.2 Å². The predicted octanol–water partition coefficient (Wildman–Crippen LogP) is 6.00. The molecule has 2 atom stereocenters. The maximum atomic E-state index is 12.9. The fourth-order valence-electron chi connectivity index (χ4n) is 9.10. The smallest absolute Gasteiger partial charge is 0.296 e. The summed E-state index contributed by atoms with van der Waals surface area (Å²) in [5.74, 6) is -4.65. The molecular formula is C53H55N5O10. The Balaban J connectivity index is 0.000000202. The van der Waals surface area contributed by atoms with E-state index >= 15 is 0 Å². The summed E-state index contributed by atoms with van der Waals surface area (Å²) in [5, 5.41) is 7.18. The standard InChI is InChI=1S/C28H30N2O5.C25H25N3O5/c1-16-13-18(7-9-21(16)28(2,3)4)25(33)23(31)11-6-17-5-8-20-19(14-17)15-30(27(20)35)22-10-12-24(32)29-26(22)34;1-25(2,3)15-9-7-14(8-10-15)21(30)23(32)26-18-6-4-5-16-17(18)13-28(24(16)33)19-11-12-20(29)27-22(19)31/h5,7-9,13-14,22H,6,10-12,15H2,1-4H3,(H,29,32,34);4-10,19H,11-13H2,1-3H3,(H,26,32)(H,27,29,31). The molecule has 2 unspecified atom stereocenters. The Morgan fingerprint density at radius 3 is 1.81 bits per heavy atom. The summed E-state index contributed by atoms with van der Waals surface area (Å²) >= 11 is 0. The molecule has 4 aliphatic heterocycles. The van der Waals surface area contributed by atoms with E-state index in [1.54, 1.807) is 54.6 Å². The average molecular weight is 922 g/mol. The summed E-state index contributed by atoms with van der Waals surface area (Å²) in [6.45, 7) is 14.8. The van der Waals surface area contributed by atoms with Crippen molar-refractivity contribution < 1.29 is 47.9 Å². The predicted molar refractivity (Wildman–Crippen MR) is 251 cm³/mol. The van der Waals surface area contributed by atoms with Crippen LogP contribution in [0.15, 0.2) is 78.9 Å². The molecule has 2 saturated heterocycles. The lowest BCUT2D eigenvalue weighted by Crippen LogP contribution is -2.52. The summed E-state index contributed by atoms with van der Waals surface area (Å²) in [4.78, 5) is 127. The van der Waals surface area contributed by atoms with Crippen molar-refractivity contribution in [2.75, 3.05) is 5.32 Å². The van der Waals surface area contributed by atoms with Crippen LogP contribution in [0.2, 0.25) is 0 Å². The number of piperidine rings is 2. The summed E-state index contributed by atoms with van der Waals surface area (Å²) in [5.41, 5.74) is 7.13. The third-order valence-electron chi connectivity index (χ3n) is 12.8. The number of anilines is 1. The lowest BCUT2D eigenvalue weighted by atomic mass is 9.83. The Morgan fingerprint density at radius 1 is 0.647 bits per heavy atom. The van der Waals surface area contributed by atoms with Crippen LogP contribution in [0, 0.1) is 6.92 Å². The van der Waals surface area contributed by atoms with Gasteiger partial charge in [0.2, 0.25) is 35.2 Å². The Hall–Kier alpha value is -7.42. The molecule has 2 fully saturated rings. The molecule has 4 aromatic rings. The Kier molecular flexibility index (Phi) is 13.6. The highest BCUT2D eigenvalue weighted by atomic mass is 16.2. The Morgan fingerprint density at radius 2 is 1.24 bits per heavy atom. The van der Waals surface area contributed by atoms with Crippen LogP contribution in [-0.2, 0) is 59.1 Å². The second-order valence-electron chi connectivity index (χ2n) is 19.8. The van der Waals surface area contributed by atoms with Crippen LogP contribution in [0.4, 0.5) is 5.69 Å². The molecule has 15 nitrogen and oxygen atoms in total. The molecule has 352 valence electrons. The van der Waals surface area contributed by atoms with Crippen molar-refractivity contribution in [2.45, 2.75) is 123 Å². The van der Waals surface area contributed by atoms with E-state index in [0.717, 1.165) is 27.8 Å². The van der Waals surface area contributed by atoms with Gasteiger partial charge in [0.1, 0.15) is 12.1 Å². The molecule has 15 heteroatoms. The van der Waals surface area contributed by atoms with Gasteiger partial charge >= 0.3 is 0 Å². The van der Waals surface area contributed by atoms with Crippen molar-refractivity contribution in [3.63, 3.8) is 0 Å². The van der Waals surface area contributed by atoms with Crippen molar-refractivity contribution in [1.29, 1.82) is 0 Å². The fourth-order valence-corrected chi connectivity index (χ4v) is 9.10. The quantitative estimate of drug-likeness (QED) is 0.0958. The number of hydrogen-bond donors (Lipinski definition) is 3. The van der Waals surface area contributed by atoms with E-state index in [0.29, 0.717) is 40.8 Å². The molecule has 4 aliphatic rings. The topological polar surface area (TPSA) is 213 Å². The highest BCUT2D eigenvalue weighted by molar-refractivity contribution is 6.46. The van der Waals surface area contributed by atoms with Crippen LogP contribution >= 0.6 is 0 Å². The molecule has 4 heterocycles. The molecule has 0 bridgehead atoms. The maximum Gasteiger partial charge on any atom is 0.296 e. The van der Waals surface area contributed by atoms with Gasteiger partial charge in [-0.05, 0) is 89.1 Å². The summed E-state index contributed by atoms with van der Waals surface area (Å²) in [6.07, 6.45) is 1.37. The number of hydrogen-bond acceptors (Lipinski definition) is 10. The number of carbonyl (C=O) groups is 10. The third-order valence-corrected chi connectivity index (χ3v) is 12.8. The molecule has 3 N–H and O–H groups in total. The third kappa shape index (κ3) is 10.3. The van der Waals surface area contributed by atoms with Gasteiger partial charge in [0.25, 0.3) is 23.5 Å². The molecule has 0 aliphatic carbocycles. The zero-order valence-electron chi connectivity index (χ0n) is 39.3. The highest BCUT2D eigenvalue weighted by Crippen LogP contribution is 2.33. The number of rotatable bonds is 10. The van der Waals surface area contributed by atoms with Gasteiger partial charge in [0, 0.05) is 65.9 Å². The molecule has 68 heavy (non-hydrogen) atoms. The second kappa shape index (κ2) is 19.1. The van der Waals surface area contributed by atoms with Crippen molar-refractivity contribution >= 4 is 64.4 Å². The first-order chi connectivity index (χ1) is 32.0. The Labute approximate surface area is 394 Å². The van der Waals surface area contributed by atoms with E-state index in [-0.39, 0.29) is 78.8 Å². The summed E-state index contributed by atoms with van der Waals surface area (Å²) in [6, 6.07) is 21.1. The average Bonchev–Trinajstić information content (AvgIpc) is 3.79. The van der Waals surface area contributed by atoms with Gasteiger partial charge in [-0.25, -0.2) is 0 Å². The van der Waals surface area contributed by atoms with E-state index in [1.165, 1.54) is 9.80 Å². The number of aryl methyl sites for hydroxylation is 2. The lowest BCUT2D eigenvalue weighted by molar-refractivity contribution is -0.138. The summed E-state index contributed by atoms with van der Waals surface area (Å²) < 4.78 is 0. The van der Waals surface area contributed by atoms with Gasteiger partial charge in [-0.1, -0.05) is 96.1 Å². The second-order valence-corrected chi connectivity index (χ2v) is 19.8. The van der Waals surface area contributed by atoms with Crippen LogP contribution in [0.3, 0.4) is 0 Å². The van der Waals surface area contributed by atoms with Gasteiger partial charge < -0.3 is 15.1 Å². The highest BCUT2D eigenvalue weighted by Gasteiger charge is 2.41. The van der Waals surface area contributed by atoms with Crippen LogP contribution in [0.5, 0.6) is 0 Å². The van der Waals surface area contributed by atoms with Crippen LogP contribution in [0.1, 0.15) is 148 Å². The van der Waals surface area contributed by atoms with Gasteiger partial charge in [0.15, 0.2) is 0 Å². The minimum absolute atomic E-state index is 0.0432. The van der Waals surface area contributed by atoms with Gasteiger partial charge in [-0.2, -0.15) is 0 Å². The molecule has 8 rings (SSSR count). The molecule has 0 aromatic heterocycles. The largest absolute Gasteiger partial charge is 0.322 e. The first-order valence-corrected chi connectivity index (χ1v) is 22.7. The van der Waals surface area contributed by atoms with Crippen molar-refractivity contribution in [3.05, 3.63) is 134 Å². The minimum Gasteiger partial charge on any atom is -0.322 e. The molecular weight excluding hydrogens is 867 g/mol. The zero-order chi connectivity index (χ0) is 49.4.